The number of benzene rings is 1. The third-order valence-corrected chi connectivity index (χ3v) is 4.37. The highest BCUT2D eigenvalue weighted by Crippen LogP contribution is 2.27. The Morgan fingerprint density at radius 2 is 2.09 bits per heavy atom. The molecule has 0 fully saturated rings. The molecule has 2 rings (SSSR count). The Balaban J connectivity index is 2.16. The van der Waals surface area contributed by atoms with Gasteiger partial charge in [-0.3, -0.25) is 9.59 Å². The number of amides is 1. The van der Waals surface area contributed by atoms with Crippen LogP contribution in [0.5, 0.6) is 5.75 Å². The van der Waals surface area contributed by atoms with Crippen LogP contribution in [-0.4, -0.2) is 18.8 Å². The quantitative estimate of drug-likeness (QED) is 0.660. The molecule has 1 aromatic carbocycles. The zero-order valence-electron chi connectivity index (χ0n) is 12.4. The van der Waals surface area contributed by atoms with Gasteiger partial charge in [-0.05, 0) is 37.3 Å². The SMILES string of the molecule is COc1ccc(NC(=O)[C@@H](C#N)C(=O)c2ccc(C)s2)cc1Cl. The molecule has 0 bridgehead atoms. The number of aryl methyl sites for hydroxylation is 1. The lowest BCUT2D eigenvalue weighted by molar-refractivity contribution is -0.117. The van der Waals surface area contributed by atoms with Crippen LogP contribution in [0.3, 0.4) is 0 Å². The van der Waals surface area contributed by atoms with Crippen LogP contribution in [0.4, 0.5) is 5.69 Å². The Kier molecular flexibility index (Phi) is 5.37. The van der Waals surface area contributed by atoms with Crippen LogP contribution in [0.1, 0.15) is 14.5 Å². The average molecular weight is 349 g/mol. The Labute approximate surface area is 142 Å². The molecule has 0 saturated heterocycles. The fourth-order valence-electron chi connectivity index (χ4n) is 1.90. The van der Waals surface area contributed by atoms with Crippen molar-refractivity contribution in [2.24, 2.45) is 5.92 Å². The maximum absolute atomic E-state index is 12.3. The van der Waals surface area contributed by atoms with Crippen molar-refractivity contribution in [3.63, 3.8) is 0 Å². The van der Waals surface area contributed by atoms with Crippen molar-refractivity contribution in [3.8, 4) is 11.8 Å². The highest BCUT2D eigenvalue weighted by molar-refractivity contribution is 7.14. The average Bonchev–Trinajstić information content (AvgIpc) is 2.94. The fraction of sp³-hybridized carbons (Fsp3) is 0.188. The van der Waals surface area contributed by atoms with Crippen molar-refractivity contribution < 1.29 is 14.3 Å². The van der Waals surface area contributed by atoms with Crippen LogP contribution in [-0.2, 0) is 4.79 Å². The molecule has 1 N–H and O–H groups in total. The van der Waals surface area contributed by atoms with Gasteiger partial charge in [-0.25, -0.2) is 0 Å². The van der Waals surface area contributed by atoms with Crippen LogP contribution in [0, 0.1) is 24.2 Å². The Bertz CT molecular complexity index is 795. The monoisotopic (exact) mass is 348 g/mol. The summed E-state index contributed by atoms with van der Waals surface area (Å²) >= 11 is 7.23. The van der Waals surface area contributed by atoms with Crippen molar-refractivity contribution >= 4 is 40.3 Å². The molecule has 1 heterocycles. The minimum absolute atomic E-state index is 0.319. The minimum Gasteiger partial charge on any atom is -0.495 e. The maximum atomic E-state index is 12.3. The molecule has 0 spiro atoms. The molecule has 0 radical (unpaired) electrons. The van der Waals surface area contributed by atoms with E-state index in [0.29, 0.717) is 21.3 Å². The molecule has 0 aliphatic heterocycles. The number of hydrogen-bond donors (Lipinski definition) is 1. The fourth-order valence-corrected chi connectivity index (χ4v) is 3.00. The number of ketones is 1. The van der Waals surface area contributed by atoms with Gasteiger partial charge < -0.3 is 10.1 Å². The molecule has 0 unspecified atom stereocenters. The van der Waals surface area contributed by atoms with E-state index in [-0.39, 0.29) is 0 Å². The predicted molar refractivity (Wildman–Crippen MR) is 89.1 cm³/mol. The van der Waals surface area contributed by atoms with Crippen molar-refractivity contribution in [2.75, 3.05) is 12.4 Å². The number of methoxy groups -OCH3 is 1. The second kappa shape index (κ2) is 7.27. The molecule has 23 heavy (non-hydrogen) atoms. The number of nitrogens with one attached hydrogen (secondary N) is 1. The second-order valence-corrected chi connectivity index (χ2v) is 6.37. The summed E-state index contributed by atoms with van der Waals surface area (Å²) in [5.74, 6) is -2.15. The number of ether oxygens (including phenoxy) is 1. The van der Waals surface area contributed by atoms with E-state index >= 15 is 0 Å². The van der Waals surface area contributed by atoms with E-state index in [4.69, 9.17) is 16.3 Å². The number of halogens is 1. The van der Waals surface area contributed by atoms with Crippen LogP contribution >= 0.6 is 22.9 Å². The van der Waals surface area contributed by atoms with E-state index in [1.807, 2.05) is 6.92 Å². The molecule has 1 aromatic heterocycles. The molecule has 1 atom stereocenters. The van der Waals surface area contributed by atoms with Gasteiger partial charge in [0.25, 0.3) is 0 Å². The molecule has 0 saturated carbocycles. The van der Waals surface area contributed by atoms with Gasteiger partial charge in [0, 0.05) is 10.6 Å². The lowest BCUT2D eigenvalue weighted by atomic mass is 10.0. The Morgan fingerprint density at radius 1 is 1.35 bits per heavy atom. The molecule has 7 heteroatoms. The first-order valence-corrected chi connectivity index (χ1v) is 7.80. The molecule has 5 nitrogen and oxygen atoms in total. The van der Waals surface area contributed by atoms with Gasteiger partial charge >= 0.3 is 0 Å². The number of hydrogen-bond acceptors (Lipinski definition) is 5. The smallest absolute Gasteiger partial charge is 0.249 e. The van der Waals surface area contributed by atoms with Crippen LogP contribution < -0.4 is 10.1 Å². The van der Waals surface area contributed by atoms with E-state index in [1.54, 1.807) is 30.3 Å². The van der Waals surface area contributed by atoms with Crippen molar-refractivity contribution in [3.05, 3.63) is 45.1 Å². The summed E-state index contributed by atoms with van der Waals surface area (Å²) in [6.45, 7) is 1.85. The minimum atomic E-state index is -1.41. The van der Waals surface area contributed by atoms with E-state index in [2.05, 4.69) is 5.32 Å². The number of Topliss-reactive ketones (excluding diaryl/α,β-unsaturated/α-hetero) is 1. The number of nitriles is 1. The number of anilines is 1. The molecule has 2 aromatic rings. The highest BCUT2D eigenvalue weighted by atomic mass is 35.5. The summed E-state index contributed by atoms with van der Waals surface area (Å²) in [6, 6.07) is 9.80. The third kappa shape index (κ3) is 3.89. The largest absolute Gasteiger partial charge is 0.495 e. The number of rotatable bonds is 5. The van der Waals surface area contributed by atoms with Crippen LogP contribution in [0.25, 0.3) is 0 Å². The van der Waals surface area contributed by atoms with Crippen molar-refractivity contribution in [2.45, 2.75) is 6.92 Å². The molecule has 0 aliphatic carbocycles. The molecule has 118 valence electrons. The van der Waals surface area contributed by atoms with Gasteiger partial charge in [-0.1, -0.05) is 11.6 Å². The summed E-state index contributed by atoms with van der Waals surface area (Å²) in [6.07, 6.45) is 0. The molecule has 1 amide bonds. The van der Waals surface area contributed by atoms with Gasteiger partial charge in [0.05, 0.1) is 23.1 Å². The first-order valence-electron chi connectivity index (χ1n) is 6.61. The number of thiophene rings is 1. The summed E-state index contributed by atoms with van der Waals surface area (Å²) in [5.41, 5.74) is 0.385. The van der Waals surface area contributed by atoms with E-state index in [1.165, 1.54) is 24.5 Å². The van der Waals surface area contributed by atoms with Crippen molar-refractivity contribution in [1.82, 2.24) is 0 Å². The van der Waals surface area contributed by atoms with Gasteiger partial charge in [-0.15, -0.1) is 11.3 Å². The molecular weight excluding hydrogens is 336 g/mol. The van der Waals surface area contributed by atoms with E-state index in [0.717, 1.165) is 4.88 Å². The van der Waals surface area contributed by atoms with Crippen LogP contribution in [0.15, 0.2) is 30.3 Å². The highest BCUT2D eigenvalue weighted by Gasteiger charge is 2.28. The standard InChI is InChI=1S/C16H13ClN2O3S/c1-9-3-6-14(23-9)15(20)11(8-18)16(21)19-10-4-5-13(22-2)12(17)7-10/h3-7,11H,1-2H3,(H,19,21)/t11-/m0/s1. The van der Waals surface area contributed by atoms with Gasteiger partial charge in [0.15, 0.2) is 11.7 Å². The predicted octanol–water partition coefficient (Wildman–Crippen LogP) is 3.68. The third-order valence-electron chi connectivity index (χ3n) is 3.06. The summed E-state index contributed by atoms with van der Waals surface area (Å²) in [5, 5.41) is 12.0. The number of carbonyl (C=O) groups is 2. The number of carbonyl (C=O) groups excluding carboxylic acids is 2. The summed E-state index contributed by atoms with van der Waals surface area (Å²) in [7, 11) is 1.48. The molecule has 0 aliphatic rings. The Morgan fingerprint density at radius 3 is 2.61 bits per heavy atom. The number of nitrogens with zero attached hydrogens (tertiary/aromatic N) is 1. The van der Waals surface area contributed by atoms with Gasteiger partial charge in [-0.2, -0.15) is 5.26 Å². The summed E-state index contributed by atoms with van der Waals surface area (Å²) < 4.78 is 5.02. The normalized spacial score (nSPS) is 11.4. The van der Waals surface area contributed by atoms with Gasteiger partial charge in [0.2, 0.25) is 5.91 Å². The van der Waals surface area contributed by atoms with E-state index in [9.17, 15) is 14.9 Å². The lowest BCUT2D eigenvalue weighted by Gasteiger charge is -2.10. The zero-order valence-corrected chi connectivity index (χ0v) is 14.0. The van der Waals surface area contributed by atoms with Crippen molar-refractivity contribution in [1.29, 1.82) is 5.26 Å². The van der Waals surface area contributed by atoms with E-state index < -0.39 is 17.6 Å². The van der Waals surface area contributed by atoms with Crippen LogP contribution in [0.2, 0.25) is 5.02 Å². The first kappa shape index (κ1) is 17.0. The van der Waals surface area contributed by atoms with Gasteiger partial charge in [0.1, 0.15) is 5.75 Å². The maximum Gasteiger partial charge on any atom is 0.249 e. The zero-order chi connectivity index (χ0) is 17.0. The Hall–Kier alpha value is -2.36. The topological polar surface area (TPSA) is 79.2 Å². The lowest BCUT2D eigenvalue weighted by Crippen LogP contribution is -2.28. The second-order valence-electron chi connectivity index (χ2n) is 4.68. The molecular formula is C16H13ClN2O3S. The first-order chi connectivity index (χ1) is 11.0. The summed E-state index contributed by atoms with van der Waals surface area (Å²) in [4.78, 5) is 25.8.